The second-order valence-corrected chi connectivity index (χ2v) is 11.2. The third-order valence-corrected chi connectivity index (χ3v) is 8.15. The lowest BCUT2D eigenvalue weighted by molar-refractivity contribution is 0.482. The van der Waals surface area contributed by atoms with Gasteiger partial charge in [-0.05, 0) is 118 Å². The first kappa shape index (κ1) is 26.8. The number of thiocarbonyl (C=S) groups is 1. The molecule has 0 radical (unpaired) electrons. The van der Waals surface area contributed by atoms with Crippen molar-refractivity contribution >= 4 is 23.0 Å². The number of nitrogens with zero attached hydrogens (tertiary/aromatic N) is 3. The average Bonchev–Trinajstić information content (AvgIpc) is 3.45. The smallest absolute Gasteiger partial charge is 0.174 e. The second-order valence-electron chi connectivity index (χ2n) is 10.8. The van der Waals surface area contributed by atoms with Crippen LogP contribution in [0.1, 0.15) is 51.4 Å². The summed E-state index contributed by atoms with van der Waals surface area (Å²) >= 11 is 6.00. The molecule has 0 unspecified atom stereocenters. The van der Waals surface area contributed by atoms with Crippen molar-refractivity contribution < 1.29 is 4.74 Å². The van der Waals surface area contributed by atoms with E-state index in [1.165, 1.54) is 39.3 Å². The zero-order chi connectivity index (χ0) is 28.7. The third kappa shape index (κ3) is 5.00. The third-order valence-electron chi connectivity index (χ3n) is 7.84. The number of ether oxygens (including phenoxy) is 1. The molecule has 1 fully saturated rings. The van der Waals surface area contributed by atoms with Crippen LogP contribution in [-0.2, 0) is 0 Å². The second kappa shape index (κ2) is 10.9. The summed E-state index contributed by atoms with van der Waals surface area (Å²) in [5.41, 5.74) is 10.6. The van der Waals surface area contributed by atoms with Crippen LogP contribution in [0, 0.1) is 34.6 Å². The number of para-hydroxylation sites is 1. The van der Waals surface area contributed by atoms with E-state index < -0.39 is 0 Å². The molecule has 1 aliphatic rings. The van der Waals surface area contributed by atoms with Gasteiger partial charge in [0.15, 0.2) is 5.11 Å². The summed E-state index contributed by atoms with van der Waals surface area (Å²) < 4.78 is 8.46. The summed E-state index contributed by atoms with van der Waals surface area (Å²) in [6, 6.07) is 30.6. The first-order valence-electron chi connectivity index (χ1n) is 13.9. The molecule has 1 aliphatic heterocycles. The number of nitrogens with one attached hydrogen (secondary N) is 1. The van der Waals surface area contributed by atoms with Crippen molar-refractivity contribution in [3.05, 3.63) is 137 Å². The minimum atomic E-state index is -0.113. The summed E-state index contributed by atoms with van der Waals surface area (Å²) in [6.45, 7) is 10.9. The predicted molar refractivity (Wildman–Crippen MR) is 170 cm³/mol. The van der Waals surface area contributed by atoms with E-state index in [1.54, 1.807) is 0 Å². The van der Waals surface area contributed by atoms with E-state index >= 15 is 0 Å². The van der Waals surface area contributed by atoms with E-state index in [2.05, 4.69) is 85.8 Å². The molecule has 2 aromatic heterocycles. The minimum Gasteiger partial charge on any atom is -0.457 e. The Morgan fingerprint density at radius 2 is 1.44 bits per heavy atom. The Bertz CT molecular complexity index is 1690. The van der Waals surface area contributed by atoms with Crippen molar-refractivity contribution in [2.24, 2.45) is 0 Å². The van der Waals surface area contributed by atoms with Gasteiger partial charge in [-0.1, -0.05) is 42.0 Å². The molecular formula is C35H34N4OS. The normalized spacial score (nSPS) is 16.6. The Hall–Kier alpha value is -4.42. The predicted octanol–water partition coefficient (Wildman–Crippen LogP) is 8.38. The number of hydrogen-bond acceptors (Lipinski definition) is 3. The molecule has 6 heteroatoms. The Labute approximate surface area is 247 Å². The average molecular weight is 559 g/mol. The van der Waals surface area contributed by atoms with Crippen molar-refractivity contribution in [1.82, 2.24) is 14.9 Å². The fourth-order valence-corrected chi connectivity index (χ4v) is 6.55. The molecule has 0 bridgehead atoms. The number of aromatic nitrogens is 2. The van der Waals surface area contributed by atoms with Gasteiger partial charge in [0.05, 0.1) is 23.5 Å². The Kier molecular flexibility index (Phi) is 7.10. The van der Waals surface area contributed by atoms with Gasteiger partial charge in [0.1, 0.15) is 11.5 Å². The van der Waals surface area contributed by atoms with Crippen LogP contribution in [0.5, 0.6) is 11.5 Å². The molecule has 6 rings (SSSR count). The first-order valence-corrected chi connectivity index (χ1v) is 14.3. The summed E-state index contributed by atoms with van der Waals surface area (Å²) in [6.07, 6.45) is 1.85. The van der Waals surface area contributed by atoms with Crippen molar-refractivity contribution in [1.29, 1.82) is 0 Å². The summed E-state index contributed by atoms with van der Waals surface area (Å²) in [7, 11) is 0. The standard InChI is InChI=1S/C35H34N4OS/c1-22-19-23(2)33(24(3)20-22)38-25(4)21-30(26(38)5)34-32(31-13-9-10-18-36-31)37-35(41)39(34)27-14-16-29(17-15-27)40-28-11-7-6-8-12-28/h6-21,32,34H,1-5H3,(H,37,41)/t32-,34+/m1/s1. The highest BCUT2D eigenvalue weighted by Gasteiger charge is 2.42. The Balaban J connectivity index is 1.45. The van der Waals surface area contributed by atoms with Gasteiger partial charge in [0.2, 0.25) is 0 Å². The van der Waals surface area contributed by atoms with E-state index in [-0.39, 0.29) is 12.1 Å². The Morgan fingerprint density at radius 3 is 2.10 bits per heavy atom. The molecule has 5 aromatic rings. The van der Waals surface area contributed by atoms with E-state index in [0.29, 0.717) is 5.11 Å². The van der Waals surface area contributed by atoms with Crippen LogP contribution in [0.4, 0.5) is 5.69 Å². The van der Waals surface area contributed by atoms with Crippen molar-refractivity contribution in [2.75, 3.05) is 4.90 Å². The largest absolute Gasteiger partial charge is 0.457 e. The molecule has 0 amide bonds. The number of pyridine rings is 1. The van der Waals surface area contributed by atoms with Crippen LogP contribution >= 0.6 is 12.2 Å². The Morgan fingerprint density at radius 1 is 0.780 bits per heavy atom. The molecule has 1 saturated heterocycles. The zero-order valence-electron chi connectivity index (χ0n) is 24.1. The number of rotatable bonds is 6. The summed E-state index contributed by atoms with van der Waals surface area (Å²) in [4.78, 5) is 6.96. The molecule has 1 N–H and O–H groups in total. The SMILES string of the molecule is Cc1cc(C)c(-n2c(C)cc([C@H]3[C@@H](c4ccccn4)NC(=S)N3c3ccc(Oc4ccccc4)cc3)c2C)c(C)c1. The van der Waals surface area contributed by atoms with Crippen molar-refractivity contribution in [3.63, 3.8) is 0 Å². The number of benzene rings is 3. The van der Waals surface area contributed by atoms with Crippen molar-refractivity contribution in [3.8, 4) is 17.2 Å². The van der Waals surface area contributed by atoms with Crippen LogP contribution < -0.4 is 15.0 Å². The van der Waals surface area contributed by atoms with Gasteiger partial charge in [-0.2, -0.15) is 0 Å². The highest BCUT2D eigenvalue weighted by molar-refractivity contribution is 7.80. The van der Waals surface area contributed by atoms with Gasteiger partial charge in [-0.3, -0.25) is 4.98 Å². The number of hydrogen-bond donors (Lipinski definition) is 1. The maximum Gasteiger partial charge on any atom is 0.174 e. The highest BCUT2D eigenvalue weighted by atomic mass is 32.1. The molecule has 41 heavy (non-hydrogen) atoms. The van der Waals surface area contributed by atoms with Gasteiger partial charge in [0, 0.05) is 23.3 Å². The number of aryl methyl sites for hydroxylation is 4. The molecule has 0 aliphatic carbocycles. The first-order chi connectivity index (χ1) is 19.8. The van der Waals surface area contributed by atoms with E-state index in [0.717, 1.165) is 22.9 Å². The quantitative estimate of drug-likeness (QED) is 0.212. The fourth-order valence-electron chi connectivity index (χ4n) is 6.20. The van der Waals surface area contributed by atoms with Gasteiger partial charge >= 0.3 is 0 Å². The molecule has 3 aromatic carbocycles. The highest BCUT2D eigenvalue weighted by Crippen LogP contribution is 2.44. The summed E-state index contributed by atoms with van der Waals surface area (Å²) in [5, 5.41) is 4.28. The zero-order valence-corrected chi connectivity index (χ0v) is 24.9. The van der Waals surface area contributed by atoms with E-state index in [1.807, 2.05) is 60.8 Å². The van der Waals surface area contributed by atoms with Crippen molar-refractivity contribution in [2.45, 2.75) is 46.7 Å². The van der Waals surface area contributed by atoms with E-state index in [4.69, 9.17) is 21.9 Å². The van der Waals surface area contributed by atoms with Gasteiger partial charge in [-0.15, -0.1) is 0 Å². The molecular weight excluding hydrogens is 524 g/mol. The molecule has 206 valence electrons. The maximum absolute atomic E-state index is 6.06. The molecule has 2 atom stereocenters. The molecule has 0 saturated carbocycles. The van der Waals surface area contributed by atoms with Crippen LogP contribution in [0.25, 0.3) is 5.69 Å². The fraction of sp³-hybridized carbons (Fsp3) is 0.200. The van der Waals surface area contributed by atoms with Gasteiger partial charge < -0.3 is 19.5 Å². The molecule has 5 nitrogen and oxygen atoms in total. The van der Waals surface area contributed by atoms with E-state index in [9.17, 15) is 0 Å². The van der Waals surface area contributed by atoms with Crippen LogP contribution in [0.3, 0.4) is 0 Å². The lowest BCUT2D eigenvalue weighted by atomic mass is 9.96. The van der Waals surface area contributed by atoms with Crippen LogP contribution in [0.2, 0.25) is 0 Å². The molecule has 0 spiro atoms. The lowest BCUT2D eigenvalue weighted by Gasteiger charge is -2.28. The number of anilines is 1. The van der Waals surface area contributed by atoms with Crippen LogP contribution in [0.15, 0.2) is 97.2 Å². The topological polar surface area (TPSA) is 42.3 Å². The van der Waals surface area contributed by atoms with Gasteiger partial charge in [0.25, 0.3) is 0 Å². The molecule has 3 heterocycles. The lowest BCUT2D eigenvalue weighted by Crippen LogP contribution is -2.29. The van der Waals surface area contributed by atoms with Crippen LogP contribution in [-0.4, -0.2) is 14.7 Å². The summed E-state index contributed by atoms with van der Waals surface area (Å²) in [5.74, 6) is 1.58. The maximum atomic E-state index is 6.06. The monoisotopic (exact) mass is 558 g/mol. The van der Waals surface area contributed by atoms with Gasteiger partial charge in [-0.25, -0.2) is 0 Å². The minimum absolute atomic E-state index is 0.0932.